The average molecular weight is 369 g/mol. The second kappa shape index (κ2) is 9.32. The van der Waals surface area contributed by atoms with E-state index in [2.05, 4.69) is 20.6 Å². The highest BCUT2D eigenvalue weighted by molar-refractivity contribution is 5.94. The van der Waals surface area contributed by atoms with Crippen LogP contribution in [0.5, 0.6) is 0 Å². The van der Waals surface area contributed by atoms with Crippen LogP contribution in [0.4, 0.5) is 5.82 Å². The van der Waals surface area contributed by atoms with Crippen molar-refractivity contribution in [2.45, 2.75) is 31.7 Å². The number of nitrogens with one attached hydrogen (secondary N) is 2. The number of hydrogen-bond donors (Lipinski definition) is 2. The highest BCUT2D eigenvalue weighted by Gasteiger charge is 2.24. The molecular weight excluding hydrogens is 342 g/mol. The predicted molar refractivity (Wildman–Crippen MR) is 104 cm³/mol. The molecule has 1 aromatic heterocycles. The zero-order valence-electron chi connectivity index (χ0n) is 15.7. The summed E-state index contributed by atoms with van der Waals surface area (Å²) < 4.78 is 1.66. The lowest BCUT2D eigenvalue weighted by Crippen LogP contribution is -2.45. The van der Waals surface area contributed by atoms with Crippen LogP contribution < -0.4 is 10.6 Å². The van der Waals surface area contributed by atoms with Crippen LogP contribution in [0.25, 0.3) is 0 Å². The summed E-state index contributed by atoms with van der Waals surface area (Å²) in [5.41, 5.74) is 0.674. The van der Waals surface area contributed by atoms with E-state index in [0.29, 0.717) is 30.5 Å². The van der Waals surface area contributed by atoms with Gasteiger partial charge in [0.15, 0.2) is 5.82 Å². The average Bonchev–Trinajstić information content (AvgIpc) is 3.08. The molecule has 2 amide bonds. The number of carbonyl (C=O) groups is 2. The Labute approximate surface area is 159 Å². The van der Waals surface area contributed by atoms with E-state index in [-0.39, 0.29) is 11.8 Å². The van der Waals surface area contributed by atoms with Crippen molar-refractivity contribution >= 4 is 17.6 Å². The number of anilines is 1. The summed E-state index contributed by atoms with van der Waals surface area (Å²) in [6, 6.07) is 11.3. The second-order valence-corrected chi connectivity index (χ2v) is 6.95. The van der Waals surface area contributed by atoms with Crippen molar-refractivity contribution in [1.82, 2.24) is 20.0 Å². The molecule has 2 aromatic rings. The number of piperidine rings is 1. The van der Waals surface area contributed by atoms with Gasteiger partial charge in [0.05, 0.1) is 6.54 Å². The lowest BCUT2D eigenvalue weighted by molar-refractivity contribution is -0.118. The SMILES string of the molecule is Cn1ccc(NC(=O)CN2CCCCC2CCNC(=O)c2ccccc2)n1. The zero-order valence-corrected chi connectivity index (χ0v) is 15.7. The van der Waals surface area contributed by atoms with Crippen molar-refractivity contribution in [3.63, 3.8) is 0 Å². The molecular formula is C20H27N5O2. The van der Waals surface area contributed by atoms with Crippen LogP contribution in [0, 0.1) is 0 Å². The van der Waals surface area contributed by atoms with Gasteiger partial charge in [-0.3, -0.25) is 19.2 Å². The fourth-order valence-electron chi connectivity index (χ4n) is 3.49. The summed E-state index contributed by atoms with van der Waals surface area (Å²) in [5.74, 6) is 0.478. The molecule has 1 saturated heterocycles. The Kier molecular flexibility index (Phi) is 6.59. The molecule has 1 unspecified atom stereocenters. The number of benzene rings is 1. The number of nitrogens with zero attached hydrogens (tertiary/aromatic N) is 3. The van der Waals surface area contributed by atoms with Gasteiger partial charge < -0.3 is 10.6 Å². The Balaban J connectivity index is 1.46. The summed E-state index contributed by atoms with van der Waals surface area (Å²) in [6.07, 6.45) is 5.96. The van der Waals surface area contributed by atoms with E-state index in [9.17, 15) is 9.59 Å². The number of aromatic nitrogens is 2. The van der Waals surface area contributed by atoms with Crippen molar-refractivity contribution in [2.75, 3.05) is 25.0 Å². The summed E-state index contributed by atoms with van der Waals surface area (Å²) in [5, 5.41) is 10.0. The number of rotatable bonds is 7. The van der Waals surface area contributed by atoms with Gasteiger partial charge in [0.1, 0.15) is 0 Å². The molecule has 0 saturated carbocycles. The molecule has 0 aliphatic carbocycles. The van der Waals surface area contributed by atoms with Crippen LogP contribution in [0.2, 0.25) is 0 Å². The van der Waals surface area contributed by atoms with Crippen LogP contribution in [-0.4, -0.2) is 52.2 Å². The van der Waals surface area contributed by atoms with Gasteiger partial charge >= 0.3 is 0 Å². The van der Waals surface area contributed by atoms with Crippen molar-refractivity contribution in [2.24, 2.45) is 7.05 Å². The first-order chi connectivity index (χ1) is 13.1. The maximum atomic E-state index is 12.3. The first kappa shape index (κ1) is 19.1. The lowest BCUT2D eigenvalue weighted by atomic mass is 9.99. The minimum absolute atomic E-state index is 0.0473. The molecule has 144 valence electrons. The van der Waals surface area contributed by atoms with Crippen LogP contribution in [0.3, 0.4) is 0 Å². The Hall–Kier alpha value is -2.67. The minimum Gasteiger partial charge on any atom is -0.352 e. The summed E-state index contributed by atoms with van der Waals surface area (Å²) in [6.45, 7) is 1.87. The first-order valence-electron chi connectivity index (χ1n) is 9.48. The maximum Gasteiger partial charge on any atom is 0.251 e. The zero-order chi connectivity index (χ0) is 19.1. The van der Waals surface area contributed by atoms with E-state index < -0.39 is 0 Å². The standard InChI is InChI=1S/C20H27N5O2/c1-24-14-11-18(23-24)22-19(26)15-25-13-6-5-9-17(25)10-12-21-20(27)16-7-3-2-4-8-16/h2-4,7-8,11,14,17H,5-6,9-10,12-13,15H2,1H3,(H,21,27)(H,22,23,26). The van der Waals surface area contributed by atoms with Gasteiger partial charge in [-0.1, -0.05) is 24.6 Å². The Morgan fingerprint density at radius 1 is 1.19 bits per heavy atom. The quantitative estimate of drug-likeness (QED) is 0.783. The number of aryl methyl sites for hydroxylation is 1. The number of amides is 2. The molecule has 2 heterocycles. The Bertz CT molecular complexity index is 759. The molecule has 1 atom stereocenters. The third kappa shape index (κ3) is 5.65. The Morgan fingerprint density at radius 3 is 2.74 bits per heavy atom. The smallest absolute Gasteiger partial charge is 0.251 e. The third-order valence-electron chi connectivity index (χ3n) is 4.88. The fourth-order valence-corrected chi connectivity index (χ4v) is 3.49. The minimum atomic E-state index is -0.0501. The molecule has 0 spiro atoms. The van der Waals surface area contributed by atoms with E-state index in [0.717, 1.165) is 32.2 Å². The van der Waals surface area contributed by atoms with Crippen LogP contribution in [-0.2, 0) is 11.8 Å². The first-order valence-corrected chi connectivity index (χ1v) is 9.48. The highest BCUT2D eigenvalue weighted by atomic mass is 16.2. The molecule has 7 nitrogen and oxygen atoms in total. The van der Waals surface area contributed by atoms with E-state index in [1.54, 1.807) is 16.9 Å². The van der Waals surface area contributed by atoms with Gasteiger partial charge in [-0.15, -0.1) is 0 Å². The number of likely N-dealkylation sites (tertiary alicyclic amines) is 1. The third-order valence-corrected chi connectivity index (χ3v) is 4.88. The Morgan fingerprint density at radius 2 is 2.00 bits per heavy atom. The summed E-state index contributed by atoms with van der Waals surface area (Å²) >= 11 is 0. The molecule has 0 radical (unpaired) electrons. The van der Waals surface area contributed by atoms with E-state index in [1.807, 2.05) is 37.4 Å². The van der Waals surface area contributed by atoms with Gasteiger partial charge in [0.25, 0.3) is 5.91 Å². The predicted octanol–water partition coefficient (Wildman–Crippen LogP) is 2.03. The van der Waals surface area contributed by atoms with Crippen molar-refractivity contribution in [3.05, 3.63) is 48.2 Å². The maximum absolute atomic E-state index is 12.3. The fraction of sp³-hybridized carbons (Fsp3) is 0.450. The summed E-state index contributed by atoms with van der Waals surface area (Å²) in [7, 11) is 1.82. The van der Waals surface area contributed by atoms with Gasteiger partial charge in [-0.2, -0.15) is 5.10 Å². The molecule has 27 heavy (non-hydrogen) atoms. The van der Waals surface area contributed by atoms with Crippen molar-refractivity contribution < 1.29 is 9.59 Å². The van der Waals surface area contributed by atoms with E-state index >= 15 is 0 Å². The lowest BCUT2D eigenvalue weighted by Gasteiger charge is -2.35. The largest absolute Gasteiger partial charge is 0.352 e. The van der Waals surface area contributed by atoms with Crippen LogP contribution >= 0.6 is 0 Å². The van der Waals surface area contributed by atoms with Gasteiger partial charge in [-0.05, 0) is 37.9 Å². The van der Waals surface area contributed by atoms with Gasteiger partial charge in [0.2, 0.25) is 5.91 Å². The molecule has 2 N–H and O–H groups in total. The molecule has 1 aliphatic rings. The molecule has 1 fully saturated rings. The topological polar surface area (TPSA) is 79.3 Å². The van der Waals surface area contributed by atoms with Crippen molar-refractivity contribution in [3.8, 4) is 0 Å². The normalized spacial score (nSPS) is 17.4. The van der Waals surface area contributed by atoms with Gasteiger partial charge in [-0.25, -0.2) is 0 Å². The molecule has 1 aromatic carbocycles. The van der Waals surface area contributed by atoms with E-state index in [1.165, 1.54) is 0 Å². The molecule has 7 heteroatoms. The summed E-state index contributed by atoms with van der Waals surface area (Å²) in [4.78, 5) is 26.7. The van der Waals surface area contributed by atoms with Gasteiger partial charge in [0, 0.05) is 37.5 Å². The van der Waals surface area contributed by atoms with Crippen LogP contribution in [0.1, 0.15) is 36.0 Å². The number of hydrogen-bond acceptors (Lipinski definition) is 4. The van der Waals surface area contributed by atoms with Crippen molar-refractivity contribution in [1.29, 1.82) is 0 Å². The molecule has 1 aliphatic heterocycles. The molecule has 3 rings (SSSR count). The highest BCUT2D eigenvalue weighted by Crippen LogP contribution is 2.19. The van der Waals surface area contributed by atoms with Crippen LogP contribution in [0.15, 0.2) is 42.6 Å². The number of carbonyl (C=O) groups excluding carboxylic acids is 2. The monoisotopic (exact) mass is 369 g/mol. The molecule has 0 bridgehead atoms. The van der Waals surface area contributed by atoms with E-state index in [4.69, 9.17) is 0 Å². The second-order valence-electron chi connectivity index (χ2n) is 6.95.